The van der Waals surface area contributed by atoms with Gasteiger partial charge in [-0.25, -0.2) is 0 Å². The Kier molecular flexibility index (Phi) is 8.17. The van der Waals surface area contributed by atoms with Crippen LogP contribution in [0.1, 0.15) is 51.3 Å². The third-order valence-corrected chi connectivity index (χ3v) is 11.3. The van der Waals surface area contributed by atoms with Crippen LogP contribution in [0.4, 0.5) is 5.69 Å². The van der Waals surface area contributed by atoms with Crippen LogP contribution in [0.15, 0.2) is 66.4 Å². The second kappa shape index (κ2) is 10.7. The molecule has 188 valence electrons. The molecule has 1 heterocycles. The summed E-state index contributed by atoms with van der Waals surface area (Å²) < 4.78 is 12.1. The van der Waals surface area contributed by atoms with E-state index in [-0.39, 0.29) is 23.3 Å². The van der Waals surface area contributed by atoms with Crippen LogP contribution in [0.25, 0.3) is 0 Å². The molecule has 0 radical (unpaired) electrons. The number of nitro groups is 1. The topological polar surface area (TPSA) is 81.9 Å². The Hall–Kier alpha value is -2.97. The van der Waals surface area contributed by atoms with E-state index in [1.54, 1.807) is 19.1 Å². The number of rotatable bonds is 8. The summed E-state index contributed by atoms with van der Waals surface area (Å²) in [4.78, 5) is 26.4. The predicted molar refractivity (Wildman–Crippen MR) is 139 cm³/mol. The maximum atomic E-state index is 13.2. The van der Waals surface area contributed by atoms with Gasteiger partial charge in [-0.1, -0.05) is 63.2 Å². The number of hydrogen-bond acceptors (Lipinski definition) is 6. The van der Waals surface area contributed by atoms with Crippen molar-refractivity contribution in [3.8, 4) is 0 Å². The lowest BCUT2D eigenvalue weighted by atomic mass is 9.94. The Morgan fingerprint density at radius 3 is 2.43 bits per heavy atom. The van der Waals surface area contributed by atoms with E-state index in [0.29, 0.717) is 13.0 Å². The lowest BCUT2D eigenvalue weighted by Crippen LogP contribution is -2.48. The summed E-state index contributed by atoms with van der Waals surface area (Å²) in [5.41, 5.74) is 1.79. The summed E-state index contributed by atoms with van der Waals surface area (Å²) in [7, 11) is -2.18. The summed E-state index contributed by atoms with van der Waals surface area (Å²) in [5.74, 6) is 0.429. The molecule has 7 nitrogen and oxygen atoms in total. The van der Waals surface area contributed by atoms with Gasteiger partial charge in [0.25, 0.3) is 5.69 Å². The number of nitro benzene ring substituents is 1. The molecule has 0 spiro atoms. The van der Waals surface area contributed by atoms with Crippen molar-refractivity contribution >= 4 is 20.0 Å². The van der Waals surface area contributed by atoms with Crippen LogP contribution in [-0.2, 0) is 20.5 Å². The smallest absolute Gasteiger partial charge is 0.323 e. The van der Waals surface area contributed by atoms with Gasteiger partial charge in [-0.15, -0.1) is 0 Å². The lowest BCUT2D eigenvalue weighted by molar-refractivity contribution is -0.384. The molecule has 0 amide bonds. The zero-order valence-corrected chi connectivity index (χ0v) is 22.5. The van der Waals surface area contributed by atoms with Gasteiger partial charge >= 0.3 is 5.97 Å². The fraction of sp³-hybridized carbons (Fsp3) is 0.444. The number of benzene rings is 2. The first-order valence-corrected chi connectivity index (χ1v) is 14.9. The largest absolute Gasteiger partial charge is 0.547 e. The first kappa shape index (κ1) is 26.6. The van der Waals surface area contributed by atoms with Crippen molar-refractivity contribution in [2.45, 2.75) is 70.9 Å². The molecule has 0 N–H and O–H groups in total. The predicted octanol–water partition coefficient (Wildman–Crippen LogP) is 6.38. The highest BCUT2D eigenvalue weighted by atomic mass is 28.4. The van der Waals surface area contributed by atoms with Gasteiger partial charge in [0.1, 0.15) is 6.04 Å². The Labute approximate surface area is 209 Å². The van der Waals surface area contributed by atoms with Gasteiger partial charge in [-0.2, -0.15) is 0 Å². The molecular formula is C27H36N2O5Si. The van der Waals surface area contributed by atoms with E-state index in [2.05, 4.69) is 38.8 Å². The van der Waals surface area contributed by atoms with Crippen molar-refractivity contribution in [1.29, 1.82) is 0 Å². The number of non-ortho nitro benzene ring substituents is 1. The van der Waals surface area contributed by atoms with Crippen molar-refractivity contribution in [2.24, 2.45) is 0 Å². The van der Waals surface area contributed by atoms with E-state index in [1.807, 2.05) is 42.5 Å². The van der Waals surface area contributed by atoms with E-state index in [0.717, 1.165) is 16.9 Å². The second-order valence-electron chi connectivity index (χ2n) is 10.4. The average Bonchev–Trinajstić information content (AvgIpc) is 2.79. The minimum atomic E-state index is -2.18. The molecule has 8 heteroatoms. The van der Waals surface area contributed by atoms with Crippen molar-refractivity contribution in [3.63, 3.8) is 0 Å². The maximum Gasteiger partial charge on any atom is 0.323 e. The van der Waals surface area contributed by atoms with E-state index in [1.165, 1.54) is 6.07 Å². The van der Waals surface area contributed by atoms with Gasteiger partial charge in [0.05, 0.1) is 23.3 Å². The highest BCUT2D eigenvalue weighted by Gasteiger charge is 2.43. The Bertz CT molecular complexity index is 1080. The molecule has 0 unspecified atom stereocenters. The number of ether oxygens (including phenoxy) is 1. The third kappa shape index (κ3) is 6.38. The van der Waals surface area contributed by atoms with Crippen LogP contribution in [0.2, 0.25) is 18.1 Å². The van der Waals surface area contributed by atoms with Crippen LogP contribution in [0.5, 0.6) is 0 Å². The zero-order chi connectivity index (χ0) is 25.8. The normalized spacial score (nSPS) is 19.1. The van der Waals surface area contributed by atoms with Gasteiger partial charge < -0.3 is 9.16 Å². The number of hydrogen-bond donors (Lipinski definition) is 0. The highest BCUT2D eigenvalue weighted by molar-refractivity contribution is 6.74. The molecule has 1 aliphatic rings. The van der Waals surface area contributed by atoms with Crippen molar-refractivity contribution in [1.82, 2.24) is 4.90 Å². The van der Waals surface area contributed by atoms with Gasteiger partial charge in [-0.05, 0) is 42.3 Å². The van der Waals surface area contributed by atoms with E-state index < -0.39 is 25.3 Å². The number of carbonyl (C=O) groups is 1. The number of carbonyl (C=O) groups excluding carboxylic acids is 1. The van der Waals surface area contributed by atoms with Crippen molar-refractivity contribution in [2.75, 3.05) is 6.61 Å². The van der Waals surface area contributed by atoms with E-state index >= 15 is 0 Å². The lowest BCUT2D eigenvalue weighted by Gasteiger charge is -2.43. The molecule has 2 aromatic rings. The van der Waals surface area contributed by atoms with Crippen molar-refractivity contribution < 1.29 is 18.9 Å². The van der Waals surface area contributed by atoms with Gasteiger partial charge in [0.2, 0.25) is 8.32 Å². The molecule has 0 aromatic heterocycles. The van der Waals surface area contributed by atoms with Crippen LogP contribution in [0.3, 0.4) is 0 Å². The van der Waals surface area contributed by atoms with Crippen LogP contribution < -0.4 is 0 Å². The van der Waals surface area contributed by atoms with Crippen LogP contribution in [0, 0.1) is 10.1 Å². The first-order valence-electron chi connectivity index (χ1n) is 12.0. The van der Waals surface area contributed by atoms with Gasteiger partial charge in [-0.3, -0.25) is 19.8 Å². The molecule has 0 fully saturated rings. The molecule has 3 rings (SSSR count). The van der Waals surface area contributed by atoms with Crippen LogP contribution >= 0.6 is 0 Å². The molecule has 0 bridgehead atoms. The minimum absolute atomic E-state index is 0.0145. The van der Waals surface area contributed by atoms with Crippen molar-refractivity contribution in [3.05, 3.63) is 87.7 Å². The molecule has 0 saturated carbocycles. The quantitative estimate of drug-likeness (QED) is 0.183. The fourth-order valence-corrected chi connectivity index (χ4v) is 5.08. The molecule has 2 aromatic carbocycles. The monoisotopic (exact) mass is 496 g/mol. The maximum absolute atomic E-state index is 13.2. The molecule has 0 saturated heterocycles. The minimum Gasteiger partial charge on any atom is -0.547 e. The number of nitrogens with zero attached hydrogens (tertiary/aromatic N) is 2. The second-order valence-corrected chi connectivity index (χ2v) is 15.1. The third-order valence-electron chi connectivity index (χ3n) is 6.88. The van der Waals surface area contributed by atoms with E-state index in [9.17, 15) is 14.9 Å². The summed E-state index contributed by atoms with van der Waals surface area (Å²) in [6.45, 7) is 13.4. The first-order chi connectivity index (χ1) is 16.4. The standard InChI is InChI=1S/C27H36N2O5Si/c1-7-33-26(30)25-18-23(34-35(5,6)27(2,3)4)17-24(21-14-11-15-22(16-21)29(31)32)28(25)19-20-12-9-8-10-13-20/h8-17,24-25H,7,18-19H2,1-6H3/t24-,25-/m0/s1. The fourth-order valence-electron chi connectivity index (χ4n) is 3.97. The Balaban J connectivity index is 2.12. The zero-order valence-electron chi connectivity index (χ0n) is 21.5. The molecule has 0 aliphatic carbocycles. The molecule has 1 aliphatic heterocycles. The van der Waals surface area contributed by atoms with Crippen LogP contribution in [-0.4, -0.2) is 36.8 Å². The highest BCUT2D eigenvalue weighted by Crippen LogP contribution is 2.42. The summed E-state index contributed by atoms with van der Waals surface area (Å²) >= 11 is 0. The Morgan fingerprint density at radius 2 is 1.83 bits per heavy atom. The van der Waals surface area contributed by atoms with Gasteiger partial charge in [0, 0.05) is 25.1 Å². The van der Waals surface area contributed by atoms with Gasteiger partial charge in [0.15, 0.2) is 0 Å². The summed E-state index contributed by atoms with van der Waals surface area (Å²) in [6, 6.07) is 15.5. The molecule has 35 heavy (non-hydrogen) atoms. The SMILES string of the molecule is CCOC(=O)[C@@H]1CC(O[Si](C)(C)C(C)(C)C)=C[C@@H](c2cccc([N+](=O)[O-])c2)N1Cc1ccccc1. The summed E-state index contributed by atoms with van der Waals surface area (Å²) in [6.07, 6.45) is 2.42. The molecule has 2 atom stereocenters. The Morgan fingerprint density at radius 1 is 1.14 bits per heavy atom. The number of esters is 1. The summed E-state index contributed by atoms with van der Waals surface area (Å²) in [5, 5.41) is 11.5. The average molecular weight is 497 g/mol. The molecular weight excluding hydrogens is 460 g/mol. The van der Waals surface area contributed by atoms with E-state index in [4.69, 9.17) is 9.16 Å².